The van der Waals surface area contributed by atoms with E-state index in [0.29, 0.717) is 12.4 Å². The summed E-state index contributed by atoms with van der Waals surface area (Å²) in [6.45, 7) is 7.85. The third kappa shape index (κ3) is 4.60. The van der Waals surface area contributed by atoms with Gasteiger partial charge >= 0.3 is 0 Å². The van der Waals surface area contributed by atoms with E-state index in [1.165, 1.54) is 0 Å². The van der Waals surface area contributed by atoms with Crippen LogP contribution in [0.15, 0.2) is 34.9 Å². The molecule has 1 fully saturated rings. The summed E-state index contributed by atoms with van der Waals surface area (Å²) in [6.07, 6.45) is 0. The normalized spacial score (nSPS) is 17.4. The molecule has 25 heavy (non-hydrogen) atoms. The lowest BCUT2D eigenvalue weighted by molar-refractivity contribution is -0.117. The molecule has 1 amide bonds. The lowest BCUT2D eigenvalue weighted by Gasteiger charge is -2.38. The predicted molar refractivity (Wildman–Crippen MR) is 97.7 cm³/mol. The van der Waals surface area contributed by atoms with Gasteiger partial charge in [0.2, 0.25) is 11.8 Å². The molecule has 1 aliphatic rings. The SMILES string of the molecule is Cc1cc(NC(=O)CN2CCN(C(C)c3ccccc3Cl)CC2)on1. The third-order valence-corrected chi connectivity index (χ3v) is 4.91. The van der Waals surface area contributed by atoms with Crippen molar-refractivity contribution in [2.45, 2.75) is 19.9 Å². The van der Waals surface area contributed by atoms with Crippen molar-refractivity contribution in [3.05, 3.63) is 46.6 Å². The number of piperazine rings is 1. The first-order valence-electron chi connectivity index (χ1n) is 8.47. The highest BCUT2D eigenvalue weighted by Gasteiger charge is 2.24. The summed E-state index contributed by atoms with van der Waals surface area (Å²) >= 11 is 6.31. The minimum atomic E-state index is -0.0799. The van der Waals surface area contributed by atoms with Crippen LogP contribution < -0.4 is 5.32 Å². The first-order valence-corrected chi connectivity index (χ1v) is 8.84. The number of carbonyl (C=O) groups is 1. The van der Waals surface area contributed by atoms with Gasteiger partial charge in [0.1, 0.15) is 0 Å². The molecule has 1 aromatic heterocycles. The maximum atomic E-state index is 12.1. The van der Waals surface area contributed by atoms with Crippen LogP contribution in [-0.4, -0.2) is 53.6 Å². The van der Waals surface area contributed by atoms with Crippen molar-refractivity contribution in [2.75, 3.05) is 38.0 Å². The molecule has 1 N–H and O–H groups in total. The van der Waals surface area contributed by atoms with E-state index >= 15 is 0 Å². The van der Waals surface area contributed by atoms with Crippen molar-refractivity contribution >= 4 is 23.4 Å². The van der Waals surface area contributed by atoms with Crippen molar-refractivity contribution in [1.82, 2.24) is 15.0 Å². The predicted octanol–water partition coefficient (Wildman–Crippen LogP) is 2.95. The maximum absolute atomic E-state index is 12.1. The van der Waals surface area contributed by atoms with Gasteiger partial charge in [-0.25, -0.2) is 0 Å². The molecular weight excluding hydrogens is 340 g/mol. The average molecular weight is 363 g/mol. The summed E-state index contributed by atoms with van der Waals surface area (Å²) < 4.78 is 5.01. The van der Waals surface area contributed by atoms with Crippen LogP contribution in [0.5, 0.6) is 0 Å². The molecule has 0 bridgehead atoms. The van der Waals surface area contributed by atoms with Gasteiger partial charge < -0.3 is 4.52 Å². The molecule has 1 aliphatic heterocycles. The number of carbonyl (C=O) groups excluding carboxylic acids is 1. The van der Waals surface area contributed by atoms with E-state index in [1.807, 2.05) is 25.1 Å². The van der Waals surface area contributed by atoms with E-state index in [-0.39, 0.29) is 11.9 Å². The van der Waals surface area contributed by atoms with Gasteiger partial charge in [-0.1, -0.05) is 35.0 Å². The summed E-state index contributed by atoms with van der Waals surface area (Å²) in [5, 5.41) is 7.30. The highest BCUT2D eigenvalue weighted by molar-refractivity contribution is 6.31. The number of amides is 1. The van der Waals surface area contributed by atoms with E-state index in [4.69, 9.17) is 16.1 Å². The summed E-state index contributed by atoms with van der Waals surface area (Å²) in [6, 6.07) is 9.95. The van der Waals surface area contributed by atoms with E-state index in [2.05, 4.69) is 33.3 Å². The van der Waals surface area contributed by atoms with Crippen LogP contribution in [0.4, 0.5) is 5.88 Å². The Morgan fingerprint density at radius 2 is 2.04 bits per heavy atom. The van der Waals surface area contributed by atoms with E-state index in [0.717, 1.165) is 42.5 Å². The lowest BCUT2D eigenvalue weighted by Crippen LogP contribution is -2.49. The quantitative estimate of drug-likeness (QED) is 0.886. The molecule has 2 heterocycles. The van der Waals surface area contributed by atoms with Crippen molar-refractivity contribution in [2.24, 2.45) is 0 Å². The first kappa shape index (κ1) is 17.9. The van der Waals surface area contributed by atoms with Crippen LogP contribution in [0.1, 0.15) is 24.2 Å². The Morgan fingerprint density at radius 1 is 1.32 bits per heavy atom. The van der Waals surface area contributed by atoms with Crippen LogP contribution in [0.25, 0.3) is 0 Å². The second kappa shape index (κ2) is 7.99. The number of benzene rings is 1. The van der Waals surface area contributed by atoms with Gasteiger partial charge in [0.15, 0.2) is 0 Å². The number of rotatable bonds is 5. The Bertz CT molecular complexity index is 725. The van der Waals surface area contributed by atoms with Crippen LogP contribution >= 0.6 is 11.6 Å². The fourth-order valence-electron chi connectivity index (χ4n) is 3.12. The molecule has 1 unspecified atom stereocenters. The molecular formula is C18H23ClN4O2. The molecule has 0 aliphatic carbocycles. The van der Waals surface area contributed by atoms with Crippen molar-refractivity contribution in [3.63, 3.8) is 0 Å². The van der Waals surface area contributed by atoms with Gasteiger partial charge in [0.25, 0.3) is 0 Å². The maximum Gasteiger partial charge on any atom is 0.240 e. The van der Waals surface area contributed by atoms with Crippen molar-refractivity contribution in [3.8, 4) is 0 Å². The topological polar surface area (TPSA) is 61.6 Å². The molecule has 7 heteroatoms. The monoisotopic (exact) mass is 362 g/mol. The number of nitrogens with one attached hydrogen (secondary N) is 1. The van der Waals surface area contributed by atoms with Crippen LogP contribution in [0.2, 0.25) is 5.02 Å². The zero-order valence-corrected chi connectivity index (χ0v) is 15.3. The van der Waals surface area contributed by atoms with Gasteiger partial charge in [-0.15, -0.1) is 0 Å². The third-order valence-electron chi connectivity index (χ3n) is 4.57. The standard InChI is InChI=1S/C18H23ClN4O2/c1-13-11-18(25-21-13)20-17(24)12-22-7-9-23(10-8-22)14(2)15-5-3-4-6-16(15)19/h3-6,11,14H,7-10,12H2,1-2H3,(H,20,24). The Kier molecular flexibility index (Phi) is 5.73. The molecule has 0 spiro atoms. The fraction of sp³-hybridized carbons (Fsp3) is 0.444. The van der Waals surface area contributed by atoms with Gasteiger partial charge in [0, 0.05) is 43.3 Å². The Morgan fingerprint density at radius 3 is 2.68 bits per heavy atom. The second-order valence-electron chi connectivity index (χ2n) is 6.39. The minimum Gasteiger partial charge on any atom is -0.338 e. The molecule has 134 valence electrons. The van der Waals surface area contributed by atoms with Gasteiger partial charge in [-0.3, -0.25) is 19.9 Å². The Balaban J connectivity index is 1.48. The number of halogens is 1. The average Bonchev–Trinajstić information content (AvgIpc) is 3.00. The van der Waals surface area contributed by atoms with Crippen molar-refractivity contribution in [1.29, 1.82) is 0 Å². The number of hydrogen-bond donors (Lipinski definition) is 1. The molecule has 0 saturated carbocycles. The highest BCUT2D eigenvalue weighted by atomic mass is 35.5. The molecule has 1 saturated heterocycles. The van der Waals surface area contributed by atoms with E-state index in [9.17, 15) is 4.79 Å². The van der Waals surface area contributed by atoms with E-state index < -0.39 is 0 Å². The van der Waals surface area contributed by atoms with Crippen LogP contribution in [-0.2, 0) is 4.79 Å². The first-order chi connectivity index (χ1) is 12.0. The van der Waals surface area contributed by atoms with Crippen LogP contribution in [0, 0.1) is 6.92 Å². The summed E-state index contributed by atoms with van der Waals surface area (Å²) in [7, 11) is 0. The number of aromatic nitrogens is 1. The Labute approximate surface area is 152 Å². The number of nitrogens with zero attached hydrogens (tertiary/aromatic N) is 3. The minimum absolute atomic E-state index is 0.0799. The molecule has 1 atom stereocenters. The number of anilines is 1. The molecule has 6 nitrogen and oxygen atoms in total. The van der Waals surface area contributed by atoms with Gasteiger partial charge in [0.05, 0.1) is 12.2 Å². The van der Waals surface area contributed by atoms with Crippen LogP contribution in [0.3, 0.4) is 0 Å². The molecule has 3 rings (SSSR count). The summed E-state index contributed by atoms with van der Waals surface area (Å²) in [5.41, 5.74) is 1.90. The number of aryl methyl sites for hydroxylation is 1. The molecule has 1 aromatic carbocycles. The molecule has 2 aromatic rings. The molecule has 0 radical (unpaired) electrons. The summed E-state index contributed by atoms with van der Waals surface area (Å²) in [5.74, 6) is 0.317. The fourth-order valence-corrected chi connectivity index (χ4v) is 3.42. The number of hydrogen-bond acceptors (Lipinski definition) is 5. The smallest absolute Gasteiger partial charge is 0.240 e. The zero-order chi connectivity index (χ0) is 17.8. The summed E-state index contributed by atoms with van der Waals surface area (Å²) in [4.78, 5) is 16.6. The Hall–Kier alpha value is -1.89. The largest absolute Gasteiger partial charge is 0.338 e. The highest BCUT2D eigenvalue weighted by Crippen LogP contribution is 2.27. The van der Waals surface area contributed by atoms with Crippen molar-refractivity contribution < 1.29 is 9.32 Å². The second-order valence-corrected chi connectivity index (χ2v) is 6.80. The van der Waals surface area contributed by atoms with Gasteiger partial charge in [-0.05, 0) is 25.5 Å². The zero-order valence-electron chi connectivity index (χ0n) is 14.5. The lowest BCUT2D eigenvalue weighted by atomic mass is 10.1. The van der Waals surface area contributed by atoms with E-state index in [1.54, 1.807) is 6.07 Å². The van der Waals surface area contributed by atoms with Gasteiger partial charge in [-0.2, -0.15) is 0 Å².